The fourth-order valence-electron chi connectivity index (χ4n) is 0.808. The van der Waals surface area contributed by atoms with Crippen LogP contribution in [0.15, 0.2) is 33.7 Å². The molecule has 1 aromatic rings. The summed E-state index contributed by atoms with van der Waals surface area (Å²) in [5.41, 5.74) is 13.4. The van der Waals surface area contributed by atoms with Gasteiger partial charge in [0.25, 0.3) is 10.0 Å². The summed E-state index contributed by atoms with van der Waals surface area (Å²) >= 11 is 0. The summed E-state index contributed by atoms with van der Waals surface area (Å²) in [6, 6.07) is 5.78. The van der Waals surface area contributed by atoms with E-state index in [2.05, 4.69) is 9.43 Å². The molecule has 6 nitrogen and oxygen atoms in total. The smallest absolute Gasteiger partial charge is 0.266 e. The number of nitrogens with zero attached hydrogens (tertiary/aromatic N) is 3. The maximum absolute atomic E-state index is 11.2. The van der Waals surface area contributed by atoms with Gasteiger partial charge in [-0.1, -0.05) is 12.1 Å². The first-order valence-corrected chi connectivity index (χ1v) is 4.68. The first-order valence-electron chi connectivity index (χ1n) is 3.24. The van der Waals surface area contributed by atoms with Crippen LogP contribution in [0.4, 0.5) is 5.69 Å². The highest BCUT2D eigenvalue weighted by Gasteiger charge is 2.14. The number of hydrogen-bond donors (Lipinski definition) is 1. The lowest BCUT2D eigenvalue weighted by atomic mass is 10.3. The number of hydrogen-bond acceptors (Lipinski definition) is 3. The van der Waals surface area contributed by atoms with Gasteiger partial charge in [-0.2, -0.15) is 0 Å². The third-order valence-corrected chi connectivity index (χ3v) is 2.56. The zero-order valence-electron chi connectivity index (χ0n) is 6.86. The van der Waals surface area contributed by atoms with Crippen LogP contribution in [0.3, 0.4) is 0 Å². The predicted octanol–water partition coefficient (Wildman–Crippen LogP) is 1.69. The Labute approximate surface area is 86.8 Å². The molecular weight excluding hydrogens is 228 g/mol. The van der Waals surface area contributed by atoms with Crippen LogP contribution in [-0.2, 0) is 10.0 Å². The molecule has 2 N–H and O–H groups in total. The average molecular weight is 235 g/mol. The quantitative estimate of drug-likeness (QED) is 0.364. The van der Waals surface area contributed by atoms with Crippen molar-refractivity contribution in [1.29, 1.82) is 0 Å². The number of rotatable bonds is 2. The molecule has 0 heterocycles. The second-order valence-electron chi connectivity index (χ2n) is 2.18. The summed E-state index contributed by atoms with van der Waals surface area (Å²) in [6.45, 7) is 0. The summed E-state index contributed by atoms with van der Waals surface area (Å²) in [4.78, 5) is 2.03. The molecule has 0 saturated carbocycles. The predicted molar refractivity (Wildman–Crippen MR) is 54.4 cm³/mol. The van der Waals surface area contributed by atoms with Gasteiger partial charge in [-0.05, 0) is 17.7 Å². The highest BCUT2D eigenvalue weighted by molar-refractivity contribution is 7.90. The standard InChI is InChI=1S/C6H6N4O2S.ClH/c7-5-3-1-2-4-6(5)13(11,12)10-9-8;/h1-4H,7H2;1H. The van der Waals surface area contributed by atoms with Gasteiger partial charge in [-0.3, -0.25) is 0 Å². The van der Waals surface area contributed by atoms with Crippen molar-refractivity contribution in [2.75, 3.05) is 5.73 Å². The molecule has 0 unspecified atom stereocenters. The molecule has 0 bridgehead atoms. The van der Waals surface area contributed by atoms with Crippen LogP contribution in [0.2, 0.25) is 0 Å². The Bertz CT molecular complexity index is 466. The third-order valence-electron chi connectivity index (χ3n) is 1.34. The fourth-order valence-corrected chi connectivity index (χ4v) is 1.61. The van der Waals surface area contributed by atoms with Crippen molar-refractivity contribution in [3.63, 3.8) is 0 Å². The summed E-state index contributed by atoms with van der Waals surface area (Å²) in [5, 5.41) is 0. The number of anilines is 1. The van der Waals surface area contributed by atoms with Gasteiger partial charge in [-0.15, -0.1) is 12.4 Å². The van der Waals surface area contributed by atoms with Crippen molar-refractivity contribution in [3.8, 4) is 0 Å². The molecule has 0 aliphatic carbocycles. The zero-order chi connectivity index (χ0) is 9.90. The molecule has 0 aliphatic heterocycles. The van der Waals surface area contributed by atoms with Gasteiger partial charge >= 0.3 is 0 Å². The molecule has 8 heteroatoms. The van der Waals surface area contributed by atoms with Crippen LogP contribution in [-0.4, -0.2) is 8.42 Å². The summed E-state index contributed by atoms with van der Waals surface area (Å²) in [6.07, 6.45) is 0. The Morgan fingerprint density at radius 1 is 1.36 bits per heavy atom. The number of sulfonamides is 1. The molecule has 1 rings (SSSR count). The first-order chi connectivity index (χ1) is 6.08. The Kier molecular flexibility index (Phi) is 4.23. The van der Waals surface area contributed by atoms with Crippen molar-refractivity contribution in [2.45, 2.75) is 4.90 Å². The number of para-hydroxylation sites is 1. The molecular formula is C6H7ClN4O2S. The third kappa shape index (κ3) is 2.53. The summed E-state index contributed by atoms with van der Waals surface area (Å²) < 4.78 is 25.0. The van der Waals surface area contributed by atoms with E-state index in [0.717, 1.165) is 0 Å². The Balaban J connectivity index is 0.00000169. The molecule has 0 aliphatic rings. The van der Waals surface area contributed by atoms with E-state index < -0.39 is 10.0 Å². The fraction of sp³-hybridized carbons (Fsp3) is 0. The van der Waals surface area contributed by atoms with Crippen molar-refractivity contribution in [3.05, 3.63) is 34.7 Å². The van der Waals surface area contributed by atoms with Gasteiger partial charge in [0.15, 0.2) is 0 Å². The Hall–Kier alpha value is -1.43. The molecule has 0 fully saturated rings. The van der Waals surface area contributed by atoms with Gasteiger partial charge < -0.3 is 5.73 Å². The minimum Gasteiger partial charge on any atom is -0.398 e. The number of nitrogen functional groups attached to an aromatic ring is 1. The van der Waals surface area contributed by atoms with Gasteiger partial charge in [0, 0.05) is 9.43 Å². The van der Waals surface area contributed by atoms with Crippen LogP contribution in [0.25, 0.3) is 10.4 Å². The SMILES string of the molecule is Cl.[N-]=[N+]=NS(=O)(=O)c1ccccc1N. The van der Waals surface area contributed by atoms with Crippen molar-refractivity contribution in [2.24, 2.45) is 4.52 Å². The minimum absolute atomic E-state index is 0. The minimum atomic E-state index is -3.96. The second-order valence-corrected chi connectivity index (χ2v) is 3.74. The molecule has 0 radical (unpaired) electrons. The largest absolute Gasteiger partial charge is 0.398 e. The lowest BCUT2D eigenvalue weighted by Crippen LogP contribution is -2.00. The second kappa shape index (κ2) is 4.71. The van der Waals surface area contributed by atoms with E-state index in [1.807, 2.05) is 0 Å². The van der Waals surface area contributed by atoms with Crippen LogP contribution >= 0.6 is 12.4 Å². The van der Waals surface area contributed by atoms with Crippen molar-refractivity contribution < 1.29 is 8.42 Å². The normalized spacial score (nSPS) is 9.71. The number of nitrogens with two attached hydrogens (primary N) is 1. The summed E-state index contributed by atoms with van der Waals surface area (Å²) in [5.74, 6) is 0. The lowest BCUT2D eigenvalue weighted by Gasteiger charge is -1.99. The topological polar surface area (TPSA) is 109 Å². The zero-order valence-corrected chi connectivity index (χ0v) is 8.49. The molecule has 14 heavy (non-hydrogen) atoms. The highest BCUT2D eigenvalue weighted by atomic mass is 35.5. The van der Waals surface area contributed by atoms with Gasteiger partial charge in [0.2, 0.25) is 0 Å². The van der Waals surface area contributed by atoms with Crippen molar-refractivity contribution >= 4 is 28.1 Å². The molecule has 0 aromatic heterocycles. The average Bonchev–Trinajstić information content (AvgIpc) is 2.04. The van der Waals surface area contributed by atoms with E-state index in [1.54, 1.807) is 6.07 Å². The van der Waals surface area contributed by atoms with Crippen LogP contribution < -0.4 is 5.73 Å². The van der Waals surface area contributed by atoms with Crippen LogP contribution in [0.5, 0.6) is 0 Å². The van der Waals surface area contributed by atoms with Gasteiger partial charge in [0.1, 0.15) is 0 Å². The molecule has 0 atom stereocenters. The Morgan fingerprint density at radius 3 is 2.43 bits per heavy atom. The monoisotopic (exact) mass is 234 g/mol. The van der Waals surface area contributed by atoms with Crippen molar-refractivity contribution in [1.82, 2.24) is 0 Å². The summed E-state index contributed by atoms with van der Waals surface area (Å²) in [7, 11) is -3.96. The Morgan fingerprint density at radius 2 is 1.93 bits per heavy atom. The highest BCUT2D eigenvalue weighted by Crippen LogP contribution is 2.19. The van der Waals surface area contributed by atoms with Crippen LogP contribution in [0.1, 0.15) is 0 Å². The molecule has 0 spiro atoms. The molecule has 1 aromatic carbocycles. The number of azide groups is 1. The molecule has 0 saturated heterocycles. The number of halogens is 1. The number of benzene rings is 1. The van der Waals surface area contributed by atoms with E-state index in [9.17, 15) is 8.42 Å². The lowest BCUT2D eigenvalue weighted by molar-refractivity contribution is 0.598. The van der Waals surface area contributed by atoms with E-state index in [4.69, 9.17) is 11.3 Å². The van der Waals surface area contributed by atoms with E-state index >= 15 is 0 Å². The molecule has 0 amide bonds. The van der Waals surface area contributed by atoms with E-state index in [-0.39, 0.29) is 23.0 Å². The maximum atomic E-state index is 11.2. The van der Waals surface area contributed by atoms with Crippen LogP contribution in [0, 0.1) is 0 Å². The maximum Gasteiger partial charge on any atom is 0.266 e. The van der Waals surface area contributed by atoms with E-state index in [0.29, 0.717) is 0 Å². The van der Waals surface area contributed by atoms with Gasteiger partial charge in [-0.25, -0.2) is 8.42 Å². The van der Waals surface area contributed by atoms with Gasteiger partial charge in [0.05, 0.1) is 10.6 Å². The first kappa shape index (κ1) is 12.6. The van der Waals surface area contributed by atoms with E-state index in [1.165, 1.54) is 18.2 Å². The molecule has 76 valence electrons.